The largest absolute Gasteiger partial charge is 0.462 e. The van der Waals surface area contributed by atoms with Crippen LogP contribution in [0.5, 0.6) is 0 Å². The molecule has 0 aliphatic carbocycles. The van der Waals surface area contributed by atoms with E-state index in [0.717, 1.165) is 11.8 Å². The van der Waals surface area contributed by atoms with Crippen LogP contribution in [0.15, 0.2) is 41.4 Å². The highest BCUT2D eigenvalue weighted by atomic mass is 32.2. The molecule has 0 fully saturated rings. The molecule has 0 atom stereocenters. The molecule has 24 heavy (non-hydrogen) atoms. The van der Waals surface area contributed by atoms with E-state index in [4.69, 9.17) is 10.5 Å². The minimum atomic E-state index is -0.629. The second-order valence-corrected chi connectivity index (χ2v) is 5.65. The number of ketones is 1. The van der Waals surface area contributed by atoms with Crippen molar-refractivity contribution in [3.05, 3.63) is 53.1 Å². The molecule has 1 aromatic heterocycles. The summed E-state index contributed by atoms with van der Waals surface area (Å²) in [6.45, 7) is 1.87. The lowest BCUT2D eigenvalue weighted by atomic mass is 10.2. The van der Waals surface area contributed by atoms with Crippen LogP contribution < -0.4 is 5.73 Å². The molecule has 0 saturated heterocycles. The Hall–Kier alpha value is -2.85. The monoisotopic (exact) mass is 341 g/mol. The number of carbonyl (C=O) groups is 2. The molecule has 0 amide bonds. The van der Waals surface area contributed by atoms with Crippen molar-refractivity contribution in [1.82, 2.24) is 4.98 Å². The molecule has 122 valence electrons. The van der Waals surface area contributed by atoms with Gasteiger partial charge in [-0.25, -0.2) is 9.78 Å². The number of anilines is 1. The molecule has 7 heteroatoms. The highest BCUT2D eigenvalue weighted by Crippen LogP contribution is 2.25. The summed E-state index contributed by atoms with van der Waals surface area (Å²) in [5.74, 6) is -0.624. The van der Waals surface area contributed by atoms with E-state index in [2.05, 4.69) is 4.98 Å². The third kappa shape index (κ3) is 4.12. The fourth-order valence-corrected chi connectivity index (χ4v) is 2.77. The van der Waals surface area contributed by atoms with Gasteiger partial charge in [-0.15, -0.1) is 0 Å². The number of thioether (sulfide) groups is 1. The second-order valence-electron chi connectivity index (χ2n) is 4.68. The van der Waals surface area contributed by atoms with Gasteiger partial charge in [-0.3, -0.25) is 4.79 Å². The van der Waals surface area contributed by atoms with E-state index < -0.39 is 5.97 Å². The van der Waals surface area contributed by atoms with Gasteiger partial charge in [0.2, 0.25) is 0 Å². The minimum Gasteiger partial charge on any atom is -0.462 e. The average molecular weight is 341 g/mol. The molecule has 0 saturated carbocycles. The molecule has 0 radical (unpaired) electrons. The quantitative estimate of drug-likeness (QED) is 0.489. The molecule has 0 spiro atoms. The van der Waals surface area contributed by atoms with Crippen molar-refractivity contribution < 1.29 is 14.3 Å². The van der Waals surface area contributed by atoms with Crippen molar-refractivity contribution in [3.8, 4) is 6.07 Å². The number of nitrogens with zero attached hydrogens (tertiary/aromatic N) is 2. The molecule has 6 nitrogen and oxygen atoms in total. The summed E-state index contributed by atoms with van der Waals surface area (Å²) in [4.78, 5) is 28.0. The Kier molecular flexibility index (Phi) is 5.93. The van der Waals surface area contributed by atoms with Crippen LogP contribution in [-0.2, 0) is 4.74 Å². The fourth-order valence-electron chi connectivity index (χ4n) is 1.91. The van der Waals surface area contributed by atoms with Gasteiger partial charge in [-0.05, 0) is 13.0 Å². The van der Waals surface area contributed by atoms with Gasteiger partial charge < -0.3 is 10.5 Å². The van der Waals surface area contributed by atoms with Crippen molar-refractivity contribution in [2.24, 2.45) is 0 Å². The third-order valence-electron chi connectivity index (χ3n) is 3.07. The van der Waals surface area contributed by atoms with E-state index in [1.807, 2.05) is 12.1 Å². The van der Waals surface area contributed by atoms with Gasteiger partial charge in [0.15, 0.2) is 5.78 Å². The van der Waals surface area contributed by atoms with Crippen molar-refractivity contribution >= 4 is 29.3 Å². The molecule has 1 aromatic carbocycles. The molecule has 2 rings (SSSR count). The van der Waals surface area contributed by atoms with Gasteiger partial charge in [-0.2, -0.15) is 5.26 Å². The summed E-state index contributed by atoms with van der Waals surface area (Å²) in [6.07, 6.45) is 0. The van der Waals surface area contributed by atoms with Crippen LogP contribution in [0.1, 0.15) is 33.2 Å². The normalized spacial score (nSPS) is 10.0. The number of hydrogen-bond donors (Lipinski definition) is 1. The van der Waals surface area contributed by atoms with E-state index in [1.54, 1.807) is 31.2 Å². The highest BCUT2D eigenvalue weighted by Gasteiger charge is 2.18. The number of hydrogen-bond acceptors (Lipinski definition) is 7. The summed E-state index contributed by atoms with van der Waals surface area (Å²) < 4.78 is 4.87. The number of pyridine rings is 1. The zero-order chi connectivity index (χ0) is 17.5. The maximum absolute atomic E-state index is 12.1. The van der Waals surface area contributed by atoms with Gasteiger partial charge in [0, 0.05) is 5.56 Å². The molecule has 1 heterocycles. The SMILES string of the molecule is CCOC(=O)c1cc(C#N)c(SCC(=O)c2ccccc2)nc1N. The van der Waals surface area contributed by atoms with Gasteiger partial charge in [0.25, 0.3) is 0 Å². The Bertz CT molecular complexity index is 801. The Morgan fingerprint density at radius 1 is 1.33 bits per heavy atom. The molecular formula is C17H15N3O3S. The molecule has 0 aliphatic heterocycles. The fraction of sp³-hybridized carbons (Fsp3) is 0.176. The van der Waals surface area contributed by atoms with Crippen molar-refractivity contribution in [2.75, 3.05) is 18.1 Å². The lowest BCUT2D eigenvalue weighted by molar-refractivity contribution is 0.0527. The van der Waals surface area contributed by atoms with Crippen LogP contribution in [0.4, 0.5) is 5.82 Å². The molecule has 0 bridgehead atoms. The first-order chi connectivity index (χ1) is 11.6. The van der Waals surface area contributed by atoms with E-state index in [1.165, 1.54) is 6.07 Å². The lowest BCUT2D eigenvalue weighted by Crippen LogP contribution is -2.11. The van der Waals surface area contributed by atoms with Crippen LogP contribution in [0, 0.1) is 11.3 Å². The molecular weight excluding hydrogens is 326 g/mol. The summed E-state index contributed by atoms with van der Waals surface area (Å²) in [5, 5.41) is 9.56. The molecule has 2 N–H and O–H groups in total. The Morgan fingerprint density at radius 2 is 2.04 bits per heavy atom. The molecule has 0 aliphatic rings. The Morgan fingerprint density at radius 3 is 2.67 bits per heavy atom. The summed E-state index contributed by atoms with van der Waals surface area (Å²) in [5.41, 5.74) is 6.58. The number of nitriles is 1. The second kappa shape index (κ2) is 8.13. The number of esters is 1. The first-order valence-corrected chi connectivity index (χ1v) is 8.14. The highest BCUT2D eigenvalue weighted by molar-refractivity contribution is 8.00. The van der Waals surface area contributed by atoms with Crippen LogP contribution >= 0.6 is 11.8 Å². The summed E-state index contributed by atoms with van der Waals surface area (Å²) >= 11 is 1.11. The maximum atomic E-state index is 12.1. The molecule has 0 unspecified atom stereocenters. The van der Waals surface area contributed by atoms with Crippen molar-refractivity contribution in [2.45, 2.75) is 11.9 Å². The number of benzene rings is 1. The maximum Gasteiger partial charge on any atom is 0.341 e. The first kappa shape index (κ1) is 17.5. The van der Waals surface area contributed by atoms with Crippen LogP contribution in [-0.4, -0.2) is 29.1 Å². The third-order valence-corrected chi connectivity index (χ3v) is 4.06. The number of carbonyl (C=O) groups excluding carboxylic acids is 2. The van der Waals surface area contributed by atoms with Gasteiger partial charge in [-0.1, -0.05) is 42.1 Å². The first-order valence-electron chi connectivity index (χ1n) is 7.15. The predicted molar refractivity (Wildman–Crippen MR) is 90.8 cm³/mol. The number of ether oxygens (including phenoxy) is 1. The van der Waals surface area contributed by atoms with E-state index >= 15 is 0 Å². The summed E-state index contributed by atoms with van der Waals surface area (Å²) in [6, 6.07) is 12.1. The zero-order valence-corrected chi connectivity index (χ0v) is 13.8. The lowest BCUT2D eigenvalue weighted by Gasteiger charge is -2.08. The minimum absolute atomic E-state index is 0.0258. The number of Topliss-reactive ketones (excluding diaryl/α,β-unsaturated/α-hetero) is 1. The topological polar surface area (TPSA) is 106 Å². The number of nitrogen functional groups attached to an aromatic ring is 1. The van der Waals surface area contributed by atoms with Crippen LogP contribution in [0.25, 0.3) is 0 Å². The van der Waals surface area contributed by atoms with Gasteiger partial charge in [0.05, 0.1) is 17.9 Å². The van der Waals surface area contributed by atoms with Crippen LogP contribution in [0.2, 0.25) is 0 Å². The molecule has 2 aromatic rings. The Balaban J connectivity index is 2.19. The smallest absolute Gasteiger partial charge is 0.341 e. The zero-order valence-electron chi connectivity index (χ0n) is 13.0. The standard InChI is InChI=1S/C17H15N3O3S/c1-2-23-17(22)13-8-12(9-18)16(20-15(13)19)24-10-14(21)11-6-4-3-5-7-11/h3-8H,2,10H2,1H3,(H2,19,20). The predicted octanol–water partition coefficient (Wildman–Crippen LogP) is 2.69. The van der Waals surface area contributed by atoms with E-state index in [0.29, 0.717) is 10.6 Å². The average Bonchev–Trinajstić information content (AvgIpc) is 2.60. The number of nitrogens with two attached hydrogens (primary N) is 1. The summed E-state index contributed by atoms with van der Waals surface area (Å²) in [7, 11) is 0. The van der Waals surface area contributed by atoms with Gasteiger partial charge >= 0.3 is 5.97 Å². The van der Waals surface area contributed by atoms with Gasteiger partial charge in [0.1, 0.15) is 22.5 Å². The van der Waals surface area contributed by atoms with Crippen molar-refractivity contribution in [1.29, 1.82) is 5.26 Å². The number of aromatic nitrogens is 1. The van der Waals surface area contributed by atoms with E-state index in [-0.39, 0.29) is 35.1 Å². The Labute approximate surface area is 143 Å². The van der Waals surface area contributed by atoms with Crippen molar-refractivity contribution in [3.63, 3.8) is 0 Å². The van der Waals surface area contributed by atoms with E-state index in [9.17, 15) is 14.9 Å². The number of rotatable bonds is 6. The van der Waals surface area contributed by atoms with Crippen LogP contribution in [0.3, 0.4) is 0 Å².